The van der Waals surface area contributed by atoms with E-state index in [-0.39, 0.29) is 5.91 Å². The highest BCUT2D eigenvalue weighted by Gasteiger charge is 2.10. The van der Waals surface area contributed by atoms with Crippen molar-refractivity contribution in [3.63, 3.8) is 0 Å². The third kappa shape index (κ3) is 5.64. The van der Waals surface area contributed by atoms with Crippen molar-refractivity contribution in [2.24, 2.45) is 0 Å². The second kappa shape index (κ2) is 11.0. The van der Waals surface area contributed by atoms with Crippen LogP contribution in [0.3, 0.4) is 0 Å². The maximum atomic E-state index is 12.5. The molecule has 0 spiro atoms. The van der Waals surface area contributed by atoms with Crippen LogP contribution in [0.25, 0.3) is 21.8 Å². The highest BCUT2D eigenvalue weighted by atomic mass is 32.1. The zero-order chi connectivity index (χ0) is 23.9. The van der Waals surface area contributed by atoms with Gasteiger partial charge in [-0.15, -0.1) is 11.3 Å². The highest BCUT2D eigenvalue weighted by molar-refractivity contribution is 7.13. The Labute approximate surface area is 204 Å². The number of aryl methyl sites for hydroxylation is 2. The summed E-state index contributed by atoms with van der Waals surface area (Å²) in [5.41, 5.74) is 6.13. The van der Waals surface area contributed by atoms with Crippen LogP contribution in [-0.2, 0) is 11.2 Å². The van der Waals surface area contributed by atoms with Gasteiger partial charge < -0.3 is 14.8 Å². The zero-order valence-corrected chi connectivity index (χ0v) is 20.4. The molecule has 0 bridgehead atoms. The molecule has 0 aliphatic rings. The molecule has 0 aliphatic heterocycles. The second-order valence-corrected chi connectivity index (χ2v) is 8.75. The first kappa shape index (κ1) is 23.5. The molecule has 1 amide bonds. The SMILES string of the molecule is CCOc1ccc(CCC(=O)Nc2ccc(-c3csc(-c4ccccc4C)n3)cc2)cc1OC. The van der Waals surface area contributed by atoms with E-state index in [1.54, 1.807) is 18.4 Å². The lowest BCUT2D eigenvalue weighted by Gasteiger charge is -2.11. The lowest BCUT2D eigenvalue weighted by Crippen LogP contribution is -2.12. The number of hydrogen-bond acceptors (Lipinski definition) is 5. The molecule has 0 aliphatic carbocycles. The fraction of sp³-hybridized carbons (Fsp3) is 0.214. The van der Waals surface area contributed by atoms with E-state index in [2.05, 4.69) is 29.8 Å². The Balaban J connectivity index is 1.35. The molecule has 5 nitrogen and oxygen atoms in total. The number of nitrogens with one attached hydrogen (secondary N) is 1. The van der Waals surface area contributed by atoms with Crippen molar-refractivity contribution in [3.8, 4) is 33.3 Å². The van der Waals surface area contributed by atoms with Crippen LogP contribution < -0.4 is 14.8 Å². The van der Waals surface area contributed by atoms with Gasteiger partial charge in [-0.25, -0.2) is 4.98 Å². The topological polar surface area (TPSA) is 60.5 Å². The molecule has 0 radical (unpaired) electrons. The van der Waals surface area contributed by atoms with E-state index in [1.807, 2.05) is 61.5 Å². The number of ether oxygens (including phenoxy) is 2. The summed E-state index contributed by atoms with van der Waals surface area (Å²) in [4.78, 5) is 17.3. The number of hydrogen-bond donors (Lipinski definition) is 1. The zero-order valence-electron chi connectivity index (χ0n) is 19.6. The molecular weight excluding hydrogens is 444 g/mol. The van der Waals surface area contributed by atoms with Crippen LogP contribution in [-0.4, -0.2) is 24.6 Å². The van der Waals surface area contributed by atoms with Crippen LogP contribution >= 0.6 is 11.3 Å². The molecule has 6 heteroatoms. The summed E-state index contributed by atoms with van der Waals surface area (Å²) in [6.07, 6.45) is 0.998. The summed E-state index contributed by atoms with van der Waals surface area (Å²) in [6, 6.07) is 21.9. The van der Waals surface area contributed by atoms with Crippen molar-refractivity contribution < 1.29 is 14.3 Å². The van der Waals surface area contributed by atoms with Gasteiger partial charge in [0.15, 0.2) is 11.5 Å². The molecule has 174 valence electrons. The summed E-state index contributed by atoms with van der Waals surface area (Å²) in [6.45, 7) is 4.61. The Morgan fingerprint density at radius 2 is 1.82 bits per heavy atom. The number of methoxy groups -OCH3 is 1. The molecule has 3 aromatic carbocycles. The molecule has 1 N–H and O–H groups in total. The van der Waals surface area contributed by atoms with Gasteiger partial charge in [0.05, 0.1) is 19.4 Å². The Kier molecular flexibility index (Phi) is 7.60. The lowest BCUT2D eigenvalue weighted by atomic mass is 10.1. The average molecular weight is 473 g/mol. The molecule has 4 aromatic rings. The molecule has 0 atom stereocenters. The normalized spacial score (nSPS) is 10.7. The average Bonchev–Trinajstić information content (AvgIpc) is 3.34. The molecular formula is C28H28N2O3S. The summed E-state index contributed by atoms with van der Waals surface area (Å²) in [5, 5.41) is 6.06. The predicted molar refractivity (Wildman–Crippen MR) is 139 cm³/mol. The Bertz CT molecular complexity index is 1260. The van der Waals surface area contributed by atoms with Gasteiger partial charge >= 0.3 is 0 Å². The summed E-state index contributed by atoms with van der Waals surface area (Å²) < 4.78 is 10.9. The van der Waals surface area contributed by atoms with Crippen LogP contribution in [0.1, 0.15) is 24.5 Å². The third-order valence-corrected chi connectivity index (χ3v) is 6.39. The van der Waals surface area contributed by atoms with Crippen LogP contribution in [0.5, 0.6) is 11.5 Å². The molecule has 34 heavy (non-hydrogen) atoms. The van der Waals surface area contributed by atoms with Crippen molar-refractivity contribution in [2.75, 3.05) is 19.0 Å². The molecule has 1 aromatic heterocycles. The van der Waals surface area contributed by atoms with Gasteiger partial charge in [0.25, 0.3) is 0 Å². The third-order valence-electron chi connectivity index (χ3n) is 5.51. The minimum absolute atomic E-state index is 0.0314. The van der Waals surface area contributed by atoms with Crippen molar-refractivity contribution in [1.29, 1.82) is 0 Å². The quantitative estimate of drug-likeness (QED) is 0.292. The minimum Gasteiger partial charge on any atom is -0.493 e. The van der Waals surface area contributed by atoms with Gasteiger partial charge in [-0.05, 0) is 55.7 Å². The van der Waals surface area contributed by atoms with E-state index in [0.29, 0.717) is 30.9 Å². The number of rotatable bonds is 9. The largest absolute Gasteiger partial charge is 0.493 e. The summed E-state index contributed by atoms with van der Waals surface area (Å²) in [7, 11) is 1.62. The standard InChI is InChI=1S/C28H28N2O3S/c1-4-33-25-15-9-20(17-26(25)32-3)10-16-27(31)29-22-13-11-21(12-14-22)24-18-34-28(30-24)23-8-6-5-7-19(23)2/h5-9,11-15,17-18H,4,10,16H2,1-3H3,(H,29,31). The van der Waals surface area contributed by atoms with Gasteiger partial charge in [0, 0.05) is 28.6 Å². The Morgan fingerprint density at radius 3 is 2.56 bits per heavy atom. The molecule has 0 saturated heterocycles. The van der Waals surface area contributed by atoms with E-state index < -0.39 is 0 Å². The van der Waals surface area contributed by atoms with Crippen molar-refractivity contribution in [3.05, 3.63) is 83.2 Å². The fourth-order valence-corrected chi connectivity index (χ4v) is 4.61. The minimum atomic E-state index is -0.0314. The number of amides is 1. The van der Waals surface area contributed by atoms with E-state index in [9.17, 15) is 4.79 Å². The van der Waals surface area contributed by atoms with E-state index >= 15 is 0 Å². The molecule has 4 rings (SSSR count). The number of carbonyl (C=O) groups is 1. The molecule has 0 fully saturated rings. The fourth-order valence-electron chi connectivity index (χ4n) is 3.69. The summed E-state index contributed by atoms with van der Waals surface area (Å²) >= 11 is 1.64. The second-order valence-electron chi connectivity index (χ2n) is 7.90. The van der Waals surface area contributed by atoms with Crippen LogP contribution in [0.4, 0.5) is 5.69 Å². The van der Waals surface area contributed by atoms with E-state index in [4.69, 9.17) is 14.5 Å². The first-order chi connectivity index (χ1) is 16.6. The van der Waals surface area contributed by atoms with Gasteiger partial charge in [0.2, 0.25) is 5.91 Å². The molecule has 0 saturated carbocycles. The van der Waals surface area contributed by atoms with Gasteiger partial charge in [-0.1, -0.05) is 42.5 Å². The van der Waals surface area contributed by atoms with E-state index in [1.165, 1.54) is 5.56 Å². The van der Waals surface area contributed by atoms with Crippen molar-refractivity contribution >= 4 is 22.9 Å². The van der Waals surface area contributed by atoms with Gasteiger partial charge in [0.1, 0.15) is 5.01 Å². The van der Waals surface area contributed by atoms with Crippen LogP contribution in [0, 0.1) is 6.92 Å². The number of anilines is 1. The number of thiazole rings is 1. The van der Waals surface area contributed by atoms with Gasteiger partial charge in [-0.3, -0.25) is 4.79 Å². The maximum Gasteiger partial charge on any atom is 0.224 e. The maximum absolute atomic E-state index is 12.5. The number of benzene rings is 3. The molecule has 0 unspecified atom stereocenters. The Morgan fingerprint density at radius 1 is 1.03 bits per heavy atom. The van der Waals surface area contributed by atoms with Crippen molar-refractivity contribution in [1.82, 2.24) is 4.98 Å². The van der Waals surface area contributed by atoms with Gasteiger partial charge in [-0.2, -0.15) is 0 Å². The van der Waals surface area contributed by atoms with Crippen LogP contribution in [0.2, 0.25) is 0 Å². The monoisotopic (exact) mass is 472 g/mol. The Hall–Kier alpha value is -3.64. The summed E-state index contributed by atoms with van der Waals surface area (Å²) in [5.74, 6) is 1.36. The van der Waals surface area contributed by atoms with E-state index in [0.717, 1.165) is 33.1 Å². The first-order valence-electron chi connectivity index (χ1n) is 11.3. The lowest BCUT2D eigenvalue weighted by molar-refractivity contribution is -0.116. The van der Waals surface area contributed by atoms with Crippen LogP contribution in [0.15, 0.2) is 72.1 Å². The number of carbonyl (C=O) groups excluding carboxylic acids is 1. The smallest absolute Gasteiger partial charge is 0.224 e. The first-order valence-corrected chi connectivity index (χ1v) is 12.2. The number of nitrogens with zero attached hydrogens (tertiary/aromatic N) is 1. The highest BCUT2D eigenvalue weighted by Crippen LogP contribution is 2.31. The number of aromatic nitrogens is 1. The van der Waals surface area contributed by atoms with Crippen molar-refractivity contribution in [2.45, 2.75) is 26.7 Å². The molecule has 1 heterocycles. The predicted octanol–water partition coefficient (Wildman–Crippen LogP) is 6.76.